The molecule has 1 aromatic carbocycles. The highest BCUT2D eigenvalue weighted by molar-refractivity contribution is 5.85. The number of hydrogen-bond donors (Lipinski definition) is 0. The first-order valence-corrected chi connectivity index (χ1v) is 7.40. The molecule has 0 N–H and O–H groups in total. The number of aromatic nitrogens is 1. The molecule has 1 aromatic heterocycles. The summed E-state index contributed by atoms with van der Waals surface area (Å²) < 4.78 is 0. The van der Waals surface area contributed by atoms with Crippen LogP contribution in [0.3, 0.4) is 0 Å². The van der Waals surface area contributed by atoms with Crippen LogP contribution < -0.4 is 10.4 Å². The molecule has 1 heterocycles. The van der Waals surface area contributed by atoms with E-state index in [1.54, 1.807) is 12.3 Å². The van der Waals surface area contributed by atoms with Gasteiger partial charge in [-0.3, -0.25) is 4.98 Å². The lowest BCUT2D eigenvalue weighted by Gasteiger charge is -2.10. The average molecular weight is 285 g/mol. The zero-order chi connectivity index (χ0) is 15.7. The highest BCUT2D eigenvalue weighted by Crippen LogP contribution is 2.30. The van der Waals surface area contributed by atoms with Crippen LogP contribution in [0.5, 0.6) is 0 Å². The molecular formula is C19H15N3. The minimum absolute atomic E-state index is 0.136. The molecule has 3 nitrogen and oxygen atoms in total. The van der Waals surface area contributed by atoms with Gasteiger partial charge in [0.25, 0.3) is 0 Å². The number of aryl methyl sites for hydroxylation is 2. The quantitative estimate of drug-likeness (QED) is 0.725. The molecule has 0 atom stereocenters. The van der Waals surface area contributed by atoms with Gasteiger partial charge in [0.1, 0.15) is 17.7 Å². The molecule has 1 aliphatic carbocycles. The Balaban J connectivity index is 2.44. The second-order valence-electron chi connectivity index (χ2n) is 5.29. The highest BCUT2D eigenvalue weighted by Gasteiger charge is 2.19. The SMILES string of the molecule is CCc1cc2c(c(CC)c1)-c1nccc(=C(C#N)C#N)c1=C2. The maximum Gasteiger partial charge on any atom is 0.137 e. The van der Waals surface area contributed by atoms with Gasteiger partial charge >= 0.3 is 0 Å². The lowest BCUT2D eigenvalue weighted by molar-refractivity contribution is 1.08. The van der Waals surface area contributed by atoms with Crippen LogP contribution in [0.15, 0.2) is 24.4 Å². The summed E-state index contributed by atoms with van der Waals surface area (Å²) in [6.07, 6.45) is 5.65. The van der Waals surface area contributed by atoms with E-state index in [4.69, 9.17) is 10.5 Å². The molecule has 1 aliphatic rings. The van der Waals surface area contributed by atoms with Crippen LogP contribution in [0.25, 0.3) is 22.9 Å². The number of benzene rings is 1. The molecule has 0 unspecified atom stereocenters. The summed E-state index contributed by atoms with van der Waals surface area (Å²) in [4.78, 5) is 4.51. The molecule has 0 saturated heterocycles. The molecule has 0 fully saturated rings. The van der Waals surface area contributed by atoms with Gasteiger partial charge in [-0.05, 0) is 41.7 Å². The molecule has 0 radical (unpaired) electrons. The van der Waals surface area contributed by atoms with Gasteiger partial charge in [0.15, 0.2) is 0 Å². The standard InChI is InChI=1S/C19H15N3/c1-3-12-7-13(4-2)18-14(8-12)9-17-16(15(10-20)11-21)5-6-22-19(17)18/h5-9H,3-4H2,1-2H3. The number of hydrogen-bond acceptors (Lipinski definition) is 3. The van der Waals surface area contributed by atoms with Gasteiger partial charge in [-0.2, -0.15) is 10.5 Å². The fraction of sp³-hybridized carbons (Fsp3) is 0.211. The van der Waals surface area contributed by atoms with Crippen molar-refractivity contribution in [1.82, 2.24) is 4.98 Å². The molecule has 0 amide bonds. The first kappa shape index (κ1) is 14.0. The molecule has 3 rings (SSSR count). The van der Waals surface area contributed by atoms with Crippen molar-refractivity contribution in [2.24, 2.45) is 0 Å². The van der Waals surface area contributed by atoms with Crippen LogP contribution in [-0.2, 0) is 12.8 Å². The summed E-state index contributed by atoms with van der Waals surface area (Å²) in [5, 5.41) is 19.9. The summed E-state index contributed by atoms with van der Waals surface area (Å²) in [7, 11) is 0. The molecule has 2 aromatic rings. The molecular weight excluding hydrogens is 270 g/mol. The van der Waals surface area contributed by atoms with E-state index in [1.807, 2.05) is 12.1 Å². The third kappa shape index (κ3) is 2.00. The van der Waals surface area contributed by atoms with E-state index in [9.17, 15) is 0 Å². The van der Waals surface area contributed by atoms with Gasteiger partial charge in [-0.15, -0.1) is 0 Å². The minimum Gasteiger partial charge on any atom is -0.256 e. The Morgan fingerprint density at radius 3 is 2.55 bits per heavy atom. The highest BCUT2D eigenvalue weighted by atomic mass is 14.7. The number of rotatable bonds is 2. The fourth-order valence-electron chi connectivity index (χ4n) is 3.02. The van der Waals surface area contributed by atoms with E-state index < -0.39 is 0 Å². The third-order valence-electron chi connectivity index (χ3n) is 4.12. The molecule has 22 heavy (non-hydrogen) atoms. The second-order valence-corrected chi connectivity index (χ2v) is 5.29. The molecule has 0 bridgehead atoms. The fourth-order valence-corrected chi connectivity index (χ4v) is 3.02. The number of fused-ring (bicyclic) bond motifs is 3. The van der Waals surface area contributed by atoms with Gasteiger partial charge in [0.2, 0.25) is 0 Å². The Bertz CT molecular complexity index is 953. The van der Waals surface area contributed by atoms with Crippen molar-refractivity contribution in [3.8, 4) is 23.4 Å². The van der Waals surface area contributed by atoms with Crippen molar-refractivity contribution in [2.45, 2.75) is 26.7 Å². The van der Waals surface area contributed by atoms with Gasteiger partial charge < -0.3 is 0 Å². The van der Waals surface area contributed by atoms with Crippen LogP contribution in [-0.4, -0.2) is 4.98 Å². The largest absolute Gasteiger partial charge is 0.256 e. The van der Waals surface area contributed by atoms with Crippen molar-refractivity contribution in [2.75, 3.05) is 0 Å². The number of nitriles is 2. The smallest absolute Gasteiger partial charge is 0.137 e. The van der Waals surface area contributed by atoms with Crippen LogP contribution in [0.1, 0.15) is 30.5 Å². The van der Waals surface area contributed by atoms with E-state index in [0.717, 1.165) is 34.9 Å². The second kappa shape index (κ2) is 5.47. The normalized spacial score (nSPS) is 10.9. The van der Waals surface area contributed by atoms with E-state index in [1.165, 1.54) is 11.1 Å². The summed E-state index contributed by atoms with van der Waals surface area (Å²) in [6.45, 7) is 4.28. The molecule has 3 heteroatoms. The van der Waals surface area contributed by atoms with E-state index in [-0.39, 0.29) is 5.57 Å². The van der Waals surface area contributed by atoms with Gasteiger partial charge in [0, 0.05) is 22.2 Å². The molecule has 106 valence electrons. The zero-order valence-corrected chi connectivity index (χ0v) is 12.6. The van der Waals surface area contributed by atoms with Crippen LogP contribution in [0, 0.1) is 22.7 Å². The first-order valence-electron chi connectivity index (χ1n) is 7.40. The van der Waals surface area contributed by atoms with Gasteiger partial charge in [0.05, 0.1) is 5.69 Å². The van der Waals surface area contributed by atoms with Crippen LogP contribution in [0.4, 0.5) is 0 Å². The maximum atomic E-state index is 9.17. The topological polar surface area (TPSA) is 60.5 Å². The Labute approximate surface area is 129 Å². The molecule has 0 spiro atoms. The predicted octanol–water partition coefficient (Wildman–Crippen LogP) is 2.21. The van der Waals surface area contributed by atoms with E-state index >= 15 is 0 Å². The Kier molecular flexibility index (Phi) is 3.49. The average Bonchev–Trinajstić information content (AvgIpc) is 2.94. The third-order valence-corrected chi connectivity index (χ3v) is 4.12. The van der Waals surface area contributed by atoms with Crippen molar-refractivity contribution >= 4 is 11.6 Å². The minimum atomic E-state index is 0.136. The Morgan fingerprint density at radius 1 is 1.14 bits per heavy atom. The van der Waals surface area contributed by atoms with Gasteiger partial charge in [-0.25, -0.2) is 0 Å². The summed E-state index contributed by atoms with van der Waals surface area (Å²) in [5.74, 6) is 0. The first-order chi connectivity index (χ1) is 10.7. The number of nitrogens with zero attached hydrogens (tertiary/aromatic N) is 3. The molecule has 0 aliphatic heterocycles. The predicted molar refractivity (Wildman–Crippen MR) is 85.9 cm³/mol. The van der Waals surface area contributed by atoms with Crippen LogP contribution >= 0.6 is 0 Å². The summed E-state index contributed by atoms with van der Waals surface area (Å²) in [5.41, 5.74) is 5.87. The zero-order valence-electron chi connectivity index (χ0n) is 12.6. The lowest BCUT2D eigenvalue weighted by Crippen LogP contribution is -2.27. The maximum absolute atomic E-state index is 9.17. The Hall–Kier alpha value is -2.91. The van der Waals surface area contributed by atoms with Crippen molar-refractivity contribution in [3.63, 3.8) is 0 Å². The van der Waals surface area contributed by atoms with Crippen LogP contribution in [0.2, 0.25) is 0 Å². The number of pyridine rings is 1. The summed E-state index contributed by atoms with van der Waals surface area (Å²) >= 11 is 0. The van der Waals surface area contributed by atoms with Crippen molar-refractivity contribution < 1.29 is 0 Å². The van der Waals surface area contributed by atoms with Crippen molar-refractivity contribution in [1.29, 1.82) is 10.5 Å². The lowest BCUT2D eigenvalue weighted by atomic mass is 9.96. The van der Waals surface area contributed by atoms with E-state index in [0.29, 0.717) is 5.22 Å². The monoisotopic (exact) mass is 285 g/mol. The Morgan fingerprint density at radius 2 is 1.91 bits per heavy atom. The van der Waals surface area contributed by atoms with Crippen molar-refractivity contribution in [3.05, 3.63) is 51.5 Å². The molecule has 0 saturated carbocycles. The van der Waals surface area contributed by atoms with Gasteiger partial charge in [-0.1, -0.05) is 26.0 Å². The van der Waals surface area contributed by atoms with E-state index in [2.05, 4.69) is 37.0 Å². The summed E-state index contributed by atoms with van der Waals surface area (Å²) in [6, 6.07) is 10.1.